The number of rotatable bonds is 0. The van der Waals surface area contributed by atoms with Gasteiger partial charge in [-0.15, -0.1) is 0 Å². The molecule has 0 radical (unpaired) electrons. The minimum atomic E-state index is -0.426. The van der Waals surface area contributed by atoms with E-state index >= 15 is 0 Å². The lowest BCUT2D eigenvalue weighted by molar-refractivity contribution is -0.135. The average molecular weight is 206 g/mol. The van der Waals surface area contributed by atoms with Gasteiger partial charge in [-0.3, -0.25) is 9.59 Å². The van der Waals surface area contributed by atoms with Crippen LogP contribution in [-0.2, 0) is 9.59 Å². The Morgan fingerprint density at radius 1 is 1.20 bits per heavy atom. The van der Waals surface area contributed by atoms with Gasteiger partial charge in [-0.1, -0.05) is 32.9 Å². The molecule has 2 heteroatoms. The summed E-state index contributed by atoms with van der Waals surface area (Å²) >= 11 is 0. The fourth-order valence-corrected chi connectivity index (χ4v) is 3.03. The van der Waals surface area contributed by atoms with Crippen LogP contribution >= 0.6 is 0 Å². The van der Waals surface area contributed by atoms with Crippen molar-refractivity contribution in [2.24, 2.45) is 16.7 Å². The quantitative estimate of drug-likeness (QED) is 0.451. The van der Waals surface area contributed by atoms with Gasteiger partial charge in [0.05, 0.1) is 5.92 Å². The maximum absolute atomic E-state index is 12.2. The molecule has 2 aliphatic rings. The first-order chi connectivity index (χ1) is 6.80. The summed E-state index contributed by atoms with van der Waals surface area (Å²) in [7, 11) is 0. The molecule has 0 aliphatic heterocycles. The number of hydrogen-bond donors (Lipinski definition) is 0. The average Bonchev–Trinajstić information content (AvgIpc) is 2.30. The Morgan fingerprint density at radius 3 is 2.40 bits per heavy atom. The van der Waals surface area contributed by atoms with E-state index in [2.05, 4.69) is 13.5 Å². The smallest absolute Gasteiger partial charge is 0.149 e. The Labute approximate surface area is 90.7 Å². The van der Waals surface area contributed by atoms with Gasteiger partial charge in [-0.25, -0.2) is 0 Å². The van der Waals surface area contributed by atoms with E-state index in [0.29, 0.717) is 12.8 Å². The van der Waals surface area contributed by atoms with Crippen molar-refractivity contribution < 1.29 is 9.59 Å². The van der Waals surface area contributed by atoms with E-state index in [-0.39, 0.29) is 22.9 Å². The largest absolute Gasteiger partial charge is 0.299 e. The molecule has 2 bridgehead atoms. The molecule has 0 N–H and O–H groups in total. The molecule has 2 fully saturated rings. The normalized spacial score (nSPS) is 39.4. The van der Waals surface area contributed by atoms with Crippen molar-refractivity contribution in [1.82, 2.24) is 0 Å². The summed E-state index contributed by atoms with van der Waals surface area (Å²) < 4.78 is 0. The van der Waals surface area contributed by atoms with Crippen LogP contribution in [0.2, 0.25) is 0 Å². The minimum Gasteiger partial charge on any atom is -0.299 e. The van der Waals surface area contributed by atoms with E-state index in [1.54, 1.807) is 0 Å². The highest BCUT2D eigenvalue weighted by Gasteiger charge is 2.59. The monoisotopic (exact) mass is 206 g/mol. The molecule has 0 amide bonds. The molecule has 0 saturated heterocycles. The maximum atomic E-state index is 12.2. The van der Waals surface area contributed by atoms with Crippen LogP contribution in [0.4, 0.5) is 0 Å². The number of carbonyl (C=O) groups excluding carboxylic acids is 2. The molecule has 2 nitrogen and oxygen atoms in total. The van der Waals surface area contributed by atoms with Gasteiger partial charge in [0, 0.05) is 17.3 Å². The second-order valence-corrected chi connectivity index (χ2v) is 5.65. The van der Waals surface area contributed by atoms with E-state index < -0.39 is 5.41 Å². The molecule has 2 aliphatic carbocycles. The molecule has 0 aromatic heterocycles. The minimum absolute atomic E-state index is 0.121. The Hall–Kier alpha value is -0.920. The second kappa shape index (κ2) is 2.81. The molecule has 2 saturated carbocycles. The molecule has 2 atom stereocenters. The summed E-state index contributed by atoms with van der Waals surface area (Å²) in [6.45, 7) is 10.1. The summed E-state index contributed by atoms with van der Waals surface area (Å²) in [5, 5.41) is 0. The lowest BCUT2D eigenvalue weighted by atomic mass is 9.64. The number of hydrogen-bond acceptors (Lipinski definition) is 2. The SMILES string of the molecule is C=C1CCC(=O)[C@H]2C[C@]1(C)C(C)(C)C2=O. The highest BCUT2D eigenvalue weighted by Crippen LogP contribution is 2.58. The summed E-state index contributed by atoms with van der Waals surface area (Å²) in [5.41, 5.74) is 0.473. The summed E-state index contributed by atoms with van der Waals surface area (Å²) in [5.74, 6) is -0.115. The third-order valence-corrected chi connectivity index (χ3v) is 4.77. The first-order valence-corrected chi connectivity index (χ1v) is 5.56. The van der Waals surface area contributed by atoms with Crippen molar-refractivity contribution >= 4 is 11.6 Å². The van der Waals surface area contributed by atoms with Crippen LogP contribution in [0.5, 0.6) is 0 Å². The molecule has 0 aromatic carbocycles. The number of ketones is 2. The number of fused-ring (bicyclic) bond motifs is 2. The second-order valence-electron chi connectivity index (χ2n) is 5.65. The van der Waals surface area contributed by atoms with Gasteiger partial charge in [-0.05, 0) is 12.8 Å². The molecule has 82 valence electrons. The Balaban J connectivity index is 2.56. The van der Waals surface area contributed by atoms with E-state index in [9.17, 15) is 9.59 Å². The standard InChI is InChI=1S/C13H18O2/c1-8-5-6-10(14)9-7-13(8,4)12(2,3)11(9)15/h9H,1,5-7H2,2-4H3/t9-,13+/m1/s1. The van der Waals surface area contributed by atoms with Crippen LogP contribution < -0.4 is 0 Å². The van der Waals surface area contributed by atoms with Crippen LogP contribution in [0, 0.1) is 16.7 Å². The zero-order valence-electron chi connectivity index (χ0n) is 9.72. The molecule has 15 heavy (non-hydrogen) atoms. The van der Waals surface area contributed by atoms with Crippen molar-refractivity contribution in [3.63, 3.8) is 0 Å². The van der Waals surface area contributed by atoms with Crippen molar-refractivity contribution in [2.45, 2.75) is 40.0 Å². The third kappa shape index (κ3) is 1.11. The van der Waals surface area contributed by atoms with Crippen molar-refractivity contribution in [1.29, 1.82) is 0 Å². The summed E-state index contributed by atoms with van der Waals surface area (Å²) in [4.78, 5) is 24.0. The lowest BCUT2D eigenvalue weighted by Gasteiger charge is -2.38. The van der Waals surface area contributed by atoms with Crippen LogP contribution in [0.15, 0.2) is 12.2 Å². The highest BCUT2D eigenvalue weighted by atomic mass is 16.2. The zero-order chi connectivity index (χ0) is 11.4. The molecule has 0 aromatic rings. The van der Waals surface area contributed by atoms with E-state index in [0.717, 1.165) is 12.0 Å². The first kappa shape index (κ1) is 10.6. The van der Waals surface area contributed by atoms with Crippen molar-refractivity contribution in [3.8, 4) is 0 Å². The predicted molar refractivity (Wildman–Crippen MR) is 58.4 cm³/mol. The molecular weight excluding hydrogens is 188 g/mol. The number of carbonyl (C=O) groups is 2. The van der Waals surface area contributed by atoms with Crippen LogP contribution in [-0.4, -0.2) is 11.6 Å². The summed E-state index contributed by atoms with van der Waals surface area (Å²) in [6.07, 6.45) is 1.93. The van der Waals surface area contributed by atoms with Gasteiger partial charge >= 0.3 is 0 Å². The van der Waals surface area contributed by atoms with E-state index in [1.165, 1.54) is 0 Å². The zero-order valence-corrected chi connectivity index (χ0v) is 9.72. The number of Topliss-reactive ketones (excluding diaryl/α,β-unsaturated/α-hetero) is 2. The number of allylic oxidation sites excluding steroid dienone is 1. The van der Waals surface area contributed by atoms with Crippen molar-refractivity contribution in [2.75, 3.05) is 0 Å². The Bertz CT molecular complexity index is 365. The van der Waals surface area contributed by atoms with Crippen LogP contribution in [0.25, 0.3) is 0 Å². The first-order valence-electron chi connectivity index (χ1n) is 5.56. The molecule has 0 unspecified atom stereocenters. The Kier molecular flexibility index (Phi) is 1.98. The molecule has 0 spiro atoms. The molecule has 2 rings (SSSR count). The summed E-state index contributed by atoms with van der Waals surface area (Å²) in [6, 6.07) is 0. The van der Waals surface area contributed by atoms with Gasteiger partial charge in [0.2, 0.25) is 0 Å². The maximum Gasteiger partial charge on any atom is 0.149 e. The van der Waals surface area contributed by atoms with Gasteiger partial charge in [0.25, 0.3) is 0 Å². The van der Waals surface area contributed by atoms with Crippen LogP contribution in [0.3, 0.4) is 0 Å². The molecular formula is C13H18O2. The van der Waals surface area contributed by atoms with Gasteiger partial charge in [0.15, 0.2) is 0 Å². The Morgan fingerprint density at radius 2 is 1.80 bits per heavy atom. The van der Waals surface area contributed by atoms with E-state index in [1.807, 2.05) is 13.8 Å². The lowest BCUT2D eigenvalue weighted by Crippen LogP contribution is -2.37. The highest BCUT2D eigenvalue weighted by molar-refractivity contribution is 6.07. The fraction of sp³-hybridized carbons (Fsp3) is 0.692. The third-order valence-electron chi connectivity index (χ3n) is 4.77. The molecule has 0 heterocycles. The van der Waals surface area contributed by atoms with Gasteiger partial charge < -0.3 is 0 Å². The van der Waals surface area contributed by atoms with E-state index in [4.69, 9.17) is 0 Å². The van der Waals surface area contributed by atoms with Crippen molar-refractivity contribution in [3.05, 3.63) is 12.2 Å². The topological polar surface area (TPSA) is 34.1 Å². The predicted octanol–water partition coefficient (Wildman–Crippen LogP) is 2.53. The van der Waals surface area contributed by atoms with Gasteiger partial charge in [-0.2, -0.15) is 0 Å². The van der Waals surface area contributed by atoms with Gasteiger partial charge in [0.1, 0.15) is 11.6 Å². The fourth-order valence-electron chi connectivity index (χ4n) is 3.03. The van der Waals surface area contributed by atoms with Crippen LogP contribution in [0.1, 0.15) is 40.0 Å².